The third-order valence-electron chi connectivity index (χ3n) is 9.82. The van der Waals surface area contributed by atoms with Crippen LogP contribution in [0.15, 0.2) is 48.6 Å². The number of aliphatic hydroxyl groups excluding tert-OH is 2. The van der Waals surface area contributed by atoms with Crippen molar-refractivity contribution in [1.29, 1.82) is 0 Å². The molecule has 0 spiro atoms. The average molecular weight is 792 g/mol. The Labute approximate surface area is 334 Å². The number of ether oxygens (including phenoxy) is 2. The third-order valence-corrected chi connectivity index (χ3v) is 10.9. The molecule has 1 aliphatic carbocycles. The smallest absolute Gasteiger partial charge is 0.219 e. The normalized spacial score (nSPS) is 20.4. The highest BCUT2D eigenvalue weighted by molar-refractivity contribution is 7.95. The Bertz CT molecular complexity index is 1410. The molecule has 3 N–H and O–H groups in total. The molecule has 2 aromatic carbocycles. The fourth-order valence-corrected chi connectivity index (χ4v) is 7.40. The topological polar surface area (TPSA) is 115 Å². The number of morpholine rings is 1. The number of anilines is 1. The van der Waals surface area contributed by atoms with Crippen LogP contribution in [-0.4, -0.2) is 97.4 Å². The first-order valence-corrected chi connectivity index (χ1v) is 21.0. The molecule has 304 valence electrons. The van der Waals surface area contributed by atoms with E-state index in [-0.39, 0.29) is 17.7 Å². The quantitative estimate of drug-likeness (QED) is 0.100. The Kier molecular flexibility index (Phi) is 22.9. The molecular formula is C42H67ClN4O6S. The SMILES string of the molecule is CC.CC.CCCc1cc(Cl)ccc1C1COc2ccc(C(C)O)cc2N(CC2CCC2C(O)/C=C/CCN(C)C(C)=O)C1.O=CNSN1CCOCC1. The zero-order valence-electron chi connectivity index (χ0n) is 33.9. The van der Waals surface area contributed by atoms with E-state index in [2.05, 4.69) is 39.1 Å². The lowest BCUT2D eigenvalue weighted by molar-refractivity contribution is -0.127. The minimum Gasteiger partial charge on any atom is -0.491 e. The minimum atomic E-state index is -0.566. The molecule has 5 unspecified atom stereocenters. The molecule has 3 aliphatic rings. The Morgan fingerprint density at radius 2 is 1.83 bits per heavy atom. The van der Waals surface area contributed by atoms with Crippen LogP contribution in [-0.2, 0) is 20.7 Å². The minimum absolute atomic E-state index is 0.0483. The van der Waals surface area contributed by atoms with Crippen molar-refractivity contribution in [3.8, 4) is 5.75 Å². The number of aryl methyl sites for hydroxylation is 1. The summed E-state index contributed by atoms with van der Waals surface area (Å²) < 4.78 is 16.1. The molecule has 2 heterocycles. The number of hydrogen-bond acceptors (Lipinski definition) is 9. The Hall–Kier alpha value is -2.80. The first kappa shape index (κ1) is 47.4. The highest BCUT2D eigenvalue weighted by atomic mass is 35.5. The number of nitrogens with one attached hydrogen (secondary N) is 1. The van der Waals surface area contributed by atoms with Crippen LogP contribution in [0.1, 0.15) is 103 Å². The standard InChI is InChI=1S/C33H45ClN2O4.C5H10N2O2S.2C2H6/c1-5-8-25-17-28(34)12-14-29(25)27-20-36(31-18-24(22(2)37)11-15-33(31)40-21-27)19-26-10-13-30(26)32(39)9-6-7-16-35(4)23(3)38;8-5-6-10-7-1-3-9-4-2-7;2*1-2/h6,9,11-12,14-15,17-18,22,26-27,30,32,37,39H,5,7-8,10,13,16,19-21H2,1-4H3;5H,1-4H2,(H,6,8);2*1-2H3/b9-6+;;;. The van der Waals surface area contributed by atoms with Gasteiger partial charge in [0.2, 0.25) is 12.3 Å². The fraction of sp³-hybridized carbons (Fsp3) is 0.619. The number of carbonyl (C=O) groups excluding carboxylic acids is 2. The van der Waals surface area contributed by atoms with Crippen LogP contribution in [0, 0.1) is 11.8 Å². The first-order valence-electron chi connectivity index (χ1n) is 19.8. The summed E-state index contributed by atoms with van der Waals surface area (Å²) in [6.45, 7) is 19.6. The maximum atomic E-state index is 11.4. The van der Waals surface area contributed by atoms with Gasteiger partial charge in [0, 0.05) is 69.8 Å². The second kappa shape index (κ2) is 26.1. The lowest BCUT2D eigenvalue weighted by Gasteiger charge is -2.42. The summed E-state index contributed by atoms with van der Waals surface area (Å²) in [6, 6.07) is 12.2. The third kappa shape index (κ3) is 15.0. The Morgan fingerprint density at radius 1 is 1.11 bits per heavy atom. The number of nitrogens with zero attached hydrogens (tertiary/aromatic N) is 3. The highest BCUT2D eigenvalue weighted by Crippen LogP contribution is 2.43. The number of benzene rings is 2. The monoisotopic (exact) mass is 790 g/mol. The van der Waals surface area contributed by atoms with Gasteiger partial charge in [-0.3, -0.25) is 14.3 Å². The molecule has 2 aromatic rings. The molecule has 5 atom stereocenters. The molecular weight excluding hydrogens is 724 g/mol. The van der Waals surface area contributed by atoms with E-state index in [4.69, 9.17) is 21.1 Å². The van der Waals surface area contributed by atoms with Gasteiger partial charge in [-0.05, 0) is 85.4 Å². The van der Waals surface area contributed by atoms with Crippen molar-refractivity contribution >= 4 is 41.7 Å². The lowest BCUT2D eigenvalue weighted by Crippen LogP contribution is -2.44. The second-order valence-corrected chi connectivity index (χ2v) is 14.8. The number of carbonyl (C=O) groups is 2. The zero-order valence-corrected chi connectivity index (χ0v) is 35.5. The molecule has 54 heavy (non-hydrogen) atoms. The van der Waals surface area contributed by atoms with Gasteiger partial charge in [-0.15, -0.1) is 0 Å². The van der Waals surface area contributed by atoms with Crippen LogP contribution in [0.3, 0.4) is 0 Å². The van der Waals surface area contributed by atoms with Gasteiger partial charge >= 0.3 is 0 Å². The van der Waals surface area contributed by atoms with Crippen LogP contribution >= 0.6 is 23.7 Å². The number of halogens is 1. The number of aliphatic hydroxyl groups is 2. The summed E-state index contributed by atoms with van der Waals surface area (Å²) in [5.74, 6) is 1.60. The van der Waals surface area contributed by atoms with Gasteiger partial charge < -0.3 is 29.5 Å². The van der Waals surface area contributed by atoms with Crippen molar-refractivity contribution in [2.24, 2.45) is 11.8 Å². The van der Waals surface area contributed by atoms with Crippen molar-refractivity contribution in [2.75, 3.05) is 64.5 Å². The van der Waals surface area contributed by atoms with Crippen LogP contribution in [0.25, 0.3) is 0 Å². The maximum absolute atomic E-state index is 11.4. The summed E-state index contributed by atoms with van der Waals surface area (Å²) >= 11 is 7.71. The zero-order chi connectivity index (χ0) is 40.0. The van der Waals surface area contributed by atoms with E-state index in [0.717, 1.165) is 93.5 Å². The van der Waals surface area contributed by atoms with Crippen molar-refractivity contribution in [1.82, 2.24) is 13.9 Å². The van der Waals surface area contributed by atoms with E-state index in [9.17, 15) is 19.8 Å². The van der Waals surface area contributed by atoms with E-state index >= 15 is 0 Å². The average Bonchev–Trinajstić information content (AvgIpc) is 3.35. The summed E-state index contributed by atoms with van der Waals surface area (Å²) in [5, 5.41) is 22.1. The number of amides is 2. The van der Waals surface area contributed by atoms with Crippen LogP contribution < -0.4 is 14.4 Å². The van der Waals surface area contributed by atoms with Crippen molar-refractivity contribution in [3.63, 3.8) is 0 Å². The van der Waals surface area contributed by atoms with Gasteiger partial charge in [0.05, 0.1) is 37.7 Å². The lowest BCUT2D eigenvalue weighted by atomic mass is 9.70. The predicted molar refractivity (Wildman–Crippen MR) is 224 cm³/mol. The van der Waals surface area contributed by atoms with Gasteiger partial charge in [0.15, 0.2) is 0 Å². The summed E-state index contributed by atoms with van der Waals surface area (Å²) in [7, 11) is 1.79. The van der Waals surface area contributed by atoms with E-state index in [1.54, 1.807) is 25.8 Å². The van der Waals surface area contributed by atoms with E-state index in [0.29, 0.717) is 25.5 Å². The fourth-order valence-electron chi connectivity index (χ4n) is 6.68. The molecule has 2 fully saturated rings. The molecule has 10 nitrogen and oxygen atoms in total. The van der Waals surface area contributed by atoms with Gasteiger partial charge in [0.25, 0.3) is 0 Å². The molecule has 5 rings (SSSR count). The molecule has 2 amide bonds. The molecule has 1 saturated carbocycles. The van der Waals surface area contributed by atoms with Crippen LogP contribution in [0.4, 0.5) is 5.69 Å². The first-order chi connectivity index (χ1) is 26.1. The Balaban J connectivity index is 0.000000612. The highest BCUT2D eigenvalue weighted by Gasteiger charge is 2.38. The van der Waals surface area contributed by atoms with E-state index in [1.165, 1.54) is 23.3 Å². The second-order valence-electron chi connectivity index (χ2n) is 13.4. The Morgan fingerprint density at radius 3 is 2.44 bits per heavy atom. The van der Waals surface area contributed by atoms with Crippen LogP contribution in [0.2, 0.25) is 5.02 Å². The molecule has 2 aliphatic heterocycles. The van der Waals surface area contributed by atoms with Gasteiger partial charge in [-0.1, -0.05) is 76.9 Å². The molecule has 12 heteroatoms. The maximum Gasteiger partial charge on any atom is 0.219 e. The van der Waals surface area contributed by atoms with E-state index < -0.39 is 12.2 Å². The predicted octanol–water partition coefficient (Wildman–Crippen LogP) is 7.82. The molecule has 1 saturated heterocycles. The van der Waals surface area contributed by atoms with Crippen molar-refractivity contribution in [3.05, 3.63) is 70.3 Å². The summed E-state index contributed by atoms with van der Waals surface area (Å²) in [5.41, 5.74) is 4.43. The van der Waals surface area contributed by atoms with Gasteiger partial charge in [-0.25, -0.2) is 4.31 Å². The molecule has 0 radical (unpaired) electrons. The summed E-state index contributed by atoms with van der Waals surface area (Å²) in [6.07, 6.45) is 8.32. The van der Waals surface area contributed by atoms with Gasteiger partial charge in [0.1, 0.15) is 5.75 Å². The van der Waals surface area contributed by atoms with Crippen LogP contribution in [0.5, 0.6) is 5.75 Å². The van der Waals surface area contributed by atoms with E-state index in [1.807, 2.05) is 58.0 Å². The van der Waals surface area contributed by atoms with Gasteiger partial charge in [-0.2, -0.15) is 0 Å². The van der Waals surface area contributed by atoms with Crippen molar-refractivity contribution in [2.45, 2.75) is 98.7 Å². The number of hydrogen-bond donors (Lipinski definition) is 3. The number of rotatable bonds is 14. The largest absolute Gasteiger partial charge is 0.491 e. The summed E-state index contributed by atoms with van der Waals surface area (Å²) in [4.78, 5) is 25.4. The number of fused-ring (bicyclic) bond motifs is 1. The molecule has 0 aromatic heterocycles. The molecule has 0 bridgehead atoms. The van der Waals surface area contributed by atoms with Crippen molar-refractivity contribution < 1.29 is 29.3 Å².